The summed E-state index contributed by atoms with van der Waals surface area (Å²) in [4.78, 5) is 22.6. The number of carboxylic acids is 1. The summed E-state index contributed by atoms with van der Waals surface area (Å²) >= 11 is 1.15. The van der Waals surface area contributed by atoms with E-state index in [-0.39, 0.29) is 24.7 Å². The van der Waals surface area contributed by atoms with Crippen molar-refractivity contribution in [3.63, 3.8) is 0 Å². The number of aliphatic hydroxyl groups excluding tert-OH is 1. The fourth-order valence-electron chi connectivity index (χ4n) is 1.65. The Balaban J connectivity index is 1.99. The second kappa shape index (κ2) is 5.98. The number of benzene rings is 1. The van der Waals surface area contributed by atoms with Crippen molar-refractivity contribution in [1.29, 1.82) is 0 Å². The third-order valence-corrected chi connectivity index (χ3v) is 3.79. The molecule has 3 N–H and O–H groups in total. The van der Waals surface area contributed by atoms with Gasteiger partial charge in [0, 0.05) is 17.7 Å². The number of fused-ring (bicyclic) bond motifs is 1. The predicted octanol–water partition coefficient (Wildman–Crippen LogP) is 1.61. The Morgan fingerprint density at radius 3 is 2.80 bits per heavy atom. The van der Waals surface area contributed by atoms with E-state index in [1.165, 1.54) is 12.1 Å². The molecule has 1 amide bonds. The first-order valence-corrected chi connectivity index (χ1v) is 6.67. The highest BCUT2D eigenvalue weighted by Gasteiger charge is 2.14. The molecule has 1 atom stereocenters. The molecule has 0 saturated heterocycles. The van der Waals surface area contributed by atoms with Gasteiger partial charge in [-0.05, 0) is 23.6 Å². The average molecular weight is 297 g/mol. The molecule has 1 aromatic heterocycles. The number of carbonyl (C=O) groups is 2. The van der Waals surface area contributed by atoms with Gasteiger partial charge in [0.1, 0.15) is 5.82 Å². The highest BCUT2D eigenvalue weighted by molar-refractivity contribution is 7.20. The summed E-state index contributed by atoms with van der Waals surface area (Å²) in [5, 5.41) is 20.8. The van der Waals surface area contributed by atoms with Crippen molar-refractivity contribution >= 4 is 33.3 Å². The molecule has 0 aliphatic heterocycles. The van der Waals surface area contributed by atoms with E-state index < -0.39 is 12.1 Å². The van der Waals surface area contributed by atoms with Crippen LogP contribution in [0.4, 0.5) is 4.39 Å². The molecular weight excluding hydrogens is 285 g/mol. The van der Waals surface area contributed by atoms with Gasteiger partial charge in [-0.2, -0.15) is 0 Å². The molecule has 106 valence electrons. The Morgan fingerprint density at radius 2 is 2.10 bits per heavy atom. The Morgan fingerprint density at radius 1 is 1.35 bits per heavy atom. The van der Waals surface area contributed by atoms with Crippen LogP contribution in [0.25, 0.3) is 10.1 Å². The van der Waals surface area contributed by atoms with Crippen LogP contribution < -0.4 is 5.32 Å². The van der Waals surface area contributed by atoms with E-state index in [1.54, 1.807) is 12.1 Å². The topological polar surface area (TPSA) is 86.6 Å². The predicted molar refractivity (Wildman–Crippen MR) is 72.4 cm³/mol. The number of nitrogens with one attached hydrogen (secondary N) is 1. The lowest BCUT2D eigenvalue weighted by molar-refractivity contribution is -0.146. The van der Waals surface area contributed by atoms with E-state index in [0.29, 0.717) is 9.58 Å². The van der Waals surface area contributed by atoms with Crippen LogP contribution in [0.15, 0.2) is 24.3 Å². The highest BCUT2D eigenvalue weighted by Crippen LogP contribution is 2.26. The lowest BCUT2D eigenvalue weighted by atomic mass is 10.2. The molecule has 0 spiro atoms. The van der Waals surface area contributed by atoms with Gasteiger partial charge in [0.15, 0.2) is 6.10 Å². The molecular formula is C13H12FNO4S. The third kappa shape index (κ3) is 3.31. The summed E-state index contributed by atoms with van der Waals surface area (Å²) < 4.78 is 13.7. The first kappa shape index (κ1) is 14.4. The van der Waals surface area contributed by atoms with Gasteiger partial charge >= 0.3 is 5.97 Å². The van der Waals surface area contributed by atoms with Crippen molar-refractivity contribution in [2.75, 3.05) is 6.54 Å². The molecule has 0 aliphatic carbocycles. The van der Waals surface area contributed by atoms with Crippen molar-refractivity contribution in [3.05, 3.63) is 35.0 Å². The van der Waals surface area contributed by atoms with Crippen molar-refractivity contribution in [2.45, 2.75) is 12.5 Å². The molecule has 0 bridgehead atoms. The van der Waals surface area contributed by atoms with Crippen LogP contribution in [-0.2, 0) is 4.79 Å². The zero-order chi connectivity index (χ0) is 14.7. The van der Waals surface area contributed by atoms with Gasteiger partial charge < -0.3 is 15.5 Å². The van der Waals surface area contributed by atoms with E-state index in [4.69, 9.17) is 10.2 Å². The van der Waals surface area contributed by atoms with Gasteiger partial charge in [-0.3, -0.25) is 4.79 Å². The van der Waals surface area contributed by atoms with Crippen molar-refractivity contribution in [3.8, 4) is 0 Å². The number of carbonyl (C=O) groups excluding carboxylic acids is 1. The van der Waals surface area contributed by atoms with Crippen molar-refractivity contribution in [2.24, 2.45) is 0 Å². The highest BCUT2D eigenvalue weighted by atomic mass is 32.1. The smallest absolute Gasteiger partial charge is 0.332 e. The van der Waals surface area contributed by atoms with Gasteiger partial charge in [-0.25, -0.2) is 9.18 Å². The standard InChI is InChI=1S/C13H12FNO4S/c14-8-2-1-7-5-11(20-10(7)6-8)12(17)15-4-3-9(16)13(18)19/h1-2,5-6,9,16H,3-4H2,(H,15,17)(H,18,19)/t9-/m0/s1. The molecule has 0 unspecified atom stereocenters. The largest absolute Gasteiger partial charge is 0.479 e. The molecule has 5 nitrogen and oxygen atoms in total. The number of aliphatic hydroxyl groups is 1. The van der Waals surface area contributed by atoms with Gasteiger partial charge in [-0.15, -0.1) is 11.3 Å². The number of carboxylic acid groups (broad SMARTS) is 1. The minimum atomic E-state index is -1.49. The third-order valence-electron chi connectivity index (χ3n) is 2.69. The molecule has 2 rings (SSSR count). The van der Waals surface area contributed by atoms with Gasteiger partial charge in [0.2, 0.25) is 0 Å². The number of amides is 1. The Kier molecular flexibility index (Phi) is 4.31. The van der Waals surface area contributed by atoms with E-state index >= 15 is 0 Å². The number of halogens is 1. The number of thiophene rings is 1. The lowest BCUT2D eigenvalue weighted by Crippen LogP contribution is -2.29. The Hall–Kier alpha value is -1.99. The fourth-order valence-corrected chi connectivity index (χ4v) is 2.65. The van der Waals surface area contributed by atoms with Crippen LogP contribution >= 0.6 is 11.3 Å². The van der Waals surface area contributed by atoms with Crippen molar-refractivity contribution < 1.29 is 24.2 Å². The molecule has 2 aromatic rings. The monoisotopic (exact) mass is 297 g/mol. The molecule has 7 heteroatoms. The normalized spacial score (nSPS) is 12.3. The molecule has 0 fully saturated rings. The summed E-state index contributed by atoms with van der Waals surface area (Å²) in [6.07, 6.45) is -1.56. The number of hydrogen-bond donors (Lipinski definition) is 3. The minimum Gasteiger partial charge on any atom is -0.479 e. The second-order valence-electron chi connectivity index (χ2n) is 4.19. The molecule has 1 heterocycles. The first-order valence-electron chi connectivity index (χ1n) is 5.85. The molecule has 20 heavy (non-hydrogen) atoms. The average Bonchev–Trinajstić information content (AvgIpc) is 2.81. The van der Waals surface area contributed by atoms with Crippen LogP contribution in [0.5, 0.6) is 0 Å². The SMILES string of the molecule is O=C(NCC[C@H](O)C(=O)O)c1cc2ccc(F)cc2s1. The van der Waals surface area contributed by atoms with Gasteiger partial charge in [0.25, 0.3) is 5.91 Å². The van der Waals surface area contributed by atoms with Crippen LogP contribution in [0.2, 0.25) is 0 Å². The fraction of sp³-hybridized carbons (Fsp3) is 0.231. The molecule has 0 aliphatic rings. The lowest BCUT2D eigenvalue weighted by Gasteiger charge is -2.05. The second-order valence-corrected chi connectivity index (χ2v) is 5.28. The number of aliphatic carboxylic acids is 1. The van der Waals surface area contributed by atoms with E-state index in [9.17, 15) is 14.0 Å². The van der Waals surface area contributed by atoms with Crippen LogP contribution in [0.3, 0.4) is 0 Å². The maximum Gasteiger partial charge on any atom is 0.332 e. The van der Waals surface area contributed by atoms with Gasteiger partial charge in [-0.1, -0.05) is 6.07 Å². The minimum absolute atomic E-state index is 0.0505. The summed E-state index contributed by atoms with van der Waals surface area (Å²) in [6.45, 7) is 0.0505. The number of rotatable bonds is 5. The zero-order valence-electron chi connectivity index (χ0n) is 10.3. The number of hydrogen-bond acceptors (Lipinski definition) is 4. The Bertz CT molecular complexity index is 655. The molecule has 1 aromatic carbocycles. The van der Waals surface area contributed by atoms with Crippen LogP contribution in [0, 0.1) is 5.82 Å². The summed E-state index contributed by atoms with van der Waals surface area (Å²) in [7, 11) is 0. The van der Waals surface area contributed by atoms with Crippen LogP contribution in [-0.4, -0.2) is 34.7 Å². The molecule has 0 saturated carbocycles. The van der Waals surface area contributed by atoms with E-state index in [0.717, 1.165) is 16.7 Å². The maximum absolute atomic E-state index is 13.0. The van der Waals surface area contributed by atoms with E-state index in [2.05, 4.69) is 5.32 Å². The van der Waals surface area contributed by atoms with Crippen molar-refractivity contribution in [1.82, 2.24) is 5.32 Å². The van der Waals surface area contributed by atoms with Gasteiger partial charge in [0.05, 0.1) is 4.88 Å². The van der Waals surface area contributed by atoms with E-state index in [1.807, 2.05) is 0 Å². The first-order chi connectivity index (χ1) is 9.47. The van der Waals surface area contributed by atoms with Crippen LogP contribution in [0.1, 0.15) is 16.1 Å². The maximum atomic E-state index is 13.0. The summed E-state index contributed by atoms with van der Waals surface area (Å²) in [5.74, 6) is -2.06. The quantitative estimate of drug-likeness (QED) is 0.782. The molecule has 0 radical (unpaired) electrons. The Labute approximate surface area is 117 Å². The summed E-state index contributed by atoms with van der Waals surface area (Å²) in [6, 6.07) is 5.90. The zero-order valence-corrected chi connectivity index (χ0v) is 11.1. The summed E-state index contributed by atoms with van der Waals surface area (Å²) in [5.41, 5.74) is 0.